The van der Waals surface area contributed by atoms with Crippen LogP contribution in [-0.2, 0) is 0 Å². The minimum absolute atomic E-state index is 0.0148. The van der Waals surface area contributed by atoms with Gasteiger partial charge in [-0.15, -0.1) is 0 Å². The minimum Gasteiger partial charge on any atom is -0.465 e. The van der Waals surface area contributed by atoms with Gasteiger partial charge >= 0.3 is 6.09 Å². The van der Waals surface area contributed by atoms with Crippen LogP contribution in [0.4, 0.5) is 10.6 Å². The third-order valence-corrected chi connectivity index (χ3v) is 6.06. The lowest BCUT2D eigenvalue weighted by Crippen LogP contribution is -2.64. The number of piperidine rings is 1. The number of para-hydroxylation sites is 1. The standard InChI is InChI=1S/C20H21N5O3/c21-17(26)13-8-22-18(15-12-4-1-2-5-14(12)23-16(13)15)24-7-3-6-20(9-24)10-25(11-20)19(27)28/h1-2,4-5,8,23H,3,6-7,9-11H2,(H2,21,26)(H,27,28). The zero-order chi connectivity index (χ0) is 19.5. The van der Waals surface area contributed by atoms with Crippen LogP contribution in [0.15, 0.2) is 30.5 Å². The molecule has 0 unspecified atom stereocenters. The van der Waals surface area contributed by atoms with Crippen molar-refractivity contribution in [2.24, 2.45) is 11.1 Å². The van der Waals surface area contributed by atoms with Gasteiger partial charge in [0.25, 0.3) is 5.91 Å². The van der Waals surface area contributed by atoms with Crippen molar-refractivity contribution in [2.75, 3.05) is 31.1 Å². The van der Waals surface area contributed by atoms with Gasteiger partial charge in [0.15, 0.2) is 0 Å². The van der Waals surface area contributed by atoms with Gasteiger partial charge in [0.2, 0.25) is 0 Å². The molecule has 2 amide bonds. The van der Waals surface area contributed by atoms with Gasteiger partial charge < -0.3 is 25.6 Å². The fraction of sp³-hybridized carbons (Fsp3) is 0.350. The van der Waals surface area contributed by atoms with Crippen molar-refractivity contribution in [3.8, 4) is 0 Å². The number of aromatic amines is 1. The van der Waals surface area contributed by atoms with Crippen LogP contribution in [0.2, 0.25) is 0 Å². The molecule has 4 N–H and O–H groups in total. The van der Waals surface area contributed by atoms with Gasteiger partial charge in [-0.05, 0) is 18.9 Å². The fourth-order valence-electron chi connectivity index (χ4n) is 4.80. The highest BCUT2D eigenvalue weighted by Crippen LogP contribution is 2.42. The monoisotopic (exact) mass is 379 g/mol. The smallest absolute Gasteiger partial charge is 0.407 e. The summed E-state index contributed by atoms with van der Waals surface area (Å²) in [6.45, 7) is 2.74. The largest absolute Gasteiger partial charge is 0.465 e. The number of nitrogens with two attached hydrogens (primary N) is 1. The minimum atomic E-state index is -0.856. The van der Waals surface area contributed by atoms with Crippen molar-refractivity contribution in [3.63, 3.8) is 0 Å². The first kappa shape index (κ1) is 16.9. The summed E-state index contributed by atoms with van der Waals surface area (Å²) in [4.78, 5) is 34.8. The SMILES string of the molecule is NC(=O)c1cnc(N2CCCC3(CN(C(=O)O)C3)C2)c2c1[nH]c1ccccc12. The lowest BCUT2D eigenvalue weighted by molar-refractivity contribution is 0.000836. The predicted molar refractivity (Wildman–Crippen MR) is 106 cm³/mol. The number of hydrogen-bond donors (Lipinski definition) is 3. The summed E-state index contributed by atoms with van der Waals surface area (Å²) in [7, 11) is 0. The number of rotatable bonds is 2. The van der Waals surface area contributed by atoms with Crippen LogP contribution < -0.4 is 10.6 Å². The van der Waals surface area contributed by atoms with Crippen molar-refractivity contribution in [3.05, 3.63) is 36.0 Å². The summed E-state index contributed by atoms with van der Waals surface area (Å²) in [5.41, 5.74) is 7.58. The number of hydrogen-bond acceptors (Lipinski definition) is 4. The number of H-pyrrole nitrogens is 1. The number of pyridine rings is 1. The second-order valence-corrected chi connectivity index (χ2v) is 7.94. The van der Waals surface area contributed by atoms with Crippen LogP contribution in [0.5, 0.6) is 0 Å². The maximum Gasteiger partial charge on any atom is 0.407 e. The molecule has 2 saturated heterocycles. The molecule has 8 nitrogen and oxygen atoms in total. The zero-order valence-corrected chi connectivity index (χ0v) is 15.3. The van der Waals surface area contributed by atoms with E-state index in [1.807, 2.05) is 24.3 Å². The lowest BCUT2D eigenvalue weighted by Gasteiger charge is -2.53. The molecular formula is C20H21N5O3. The summed E-state index contributed by atoms with van der Waals surface area (Å²) >= 11 is 0. The van der Waals surface area contributed by atoms with Gasteiger partial charge in [-0.25, -0.2) is 9.78 Å². The number of benzene rings is 1. The van der Waals surface area contributed by atoms with Crippen LogP contribution in [-0.4, -0.2) is 58.2 Å². The van der Waals surface area contributed by atoms with E-state index >= 15 is 0 Å². The maximum absolute atomic E-state index is 11.9. The van der Waals surface area contributed by atoms with Crippen molar-refractivity contribution in [1.82, 2.24) is 14.9 Å². The first-order chi connectivity index (χ1) is 13.5. The van der Waals surface area contributed by atoms with Gasteiger partial charge in [-0.3, -0.25) is 4.79 Å². The Bertz CT molecular complexity index is 1120. The van der Waals surface area contributed by atoms with E-state index in [-0.39, 0.29) is 5.41 Å². The molecular weight excluding hydrogens is 358 g/mol. The molecule has 2 aromatic heterocycles. The van der Waals surface area contributed by atoms with E-state index in [9.17, 15) is 14.7 Å². The number of primary amides is 1. The van der Waals surface area contributed by atoms with Gasteiger partial charge in [0.1, 0.15) is 5.82 Å². The third kappa shape index (κ3) is 2.41. The van der Waals surface area contributed by atoms with Crippen LogP contribution in [0.1, 0.15) is 23.2 Å². The number of anilines is 1. The molecule has 2 aliphatic heterocycles. The van der Waals surface area contributed by atoms with Crippen LogP contribution in [0.25, 0.3) is 21.8 Å². The highest BCUT2D eigenvalue weighted by atomic mass is 16.4. The maximum atomic E-state index is 11.9. The Morgan fingerprint density at radius 3 is 2.75 bits per heavy atom. The second-order valence-electron chi connectivity index (χ2n) is 7.94. The summed E-state index contributed by atoms with van der Waals surface area (Å²) in [5.74, 6) is 0.312. The van der Waals surface area contributed by atoms with E-state index in [1.165, 1.54) is 4.90 Å². The van der Waals surface area contributed by atoms with Gasteiger partial charge in [0.05, 0.1) is 16.5 Å². The molecule has 0 saturated carbocycles. The number of nitrogens with one attached hydrogen (secondary N) is 1. The number of aromatic nitrogens is 2. The Hall–Kier alpha value is -3.29. The first-order valence-electron chi connectivity index (χ1n) is 9.39. The molecule has 144 valence electrons. The number of carbonyl (C=O) groups excluding carboxylic acids is 1. The summed E-state index contributed by atoms with van der Waals surface area (Å²) in [6.07, 6.45) is 2.69. The molecule has 0 bridgehead atoms. The first-order valence-corrected chi connectivity index (χ1v) is 9.39. The van der Waals surface area contributed by atoms with Crippen molar-refractivity contribution in [2.45, 2.75) is 12.8 Å². The van der Waals surface area contributed by atoms with Crippen LogP contribution >= 0.6 is 0 Å². The fourth-order valence-corrected chi connectivity index (χ4v) is 4.80. The third-order valence-electron chi connectivity index (χ3n) is 6.06. The Labute approximate surface area is 160 Å². The van der Waals surface area contributed by atoms with E-state index in [0.29, 0.717) is 24.2 Å². The summed E-state index contributed by atoms with van der Waals surface area (Å²) in [5, 5.41) is 11.1. The molecule has 8 heteroatoms. The van der Waals surface area contributed by atoms with Crippen LogP contribution in [0.3, 0.4) is 0 Å². The topological polar surface area (TPSA) is 116 Å². The molecule has 5 rings (SSSR count). The highest BCUT2D eigenvalue weighted by Gasteiger charge is 2.48. The van der Waals surface area contributed by atoms with Crippen molar-refractivity contribution < 1.29 is 14.7 Å². The Morgan fingerprint density at radius 2 is 2.00 bits per heavy atom. The molecule has 1 aromatic carbocycles. The molecule has 2 aliphatic rings. The molecule has 0 aliphatic carbocycles. The molecule has 2 fully saturated rings. The summed E-state index contributed by atoms with van der Waals surface area (Å²) < 4.78 is 0. The average Bonchev–Trinajstić information content (AvgIpc) is 3.04. The average molecular weight is 379 g/mol. The number of carbonyl (C=O) groups is 2. The number of amides is 2. The second kappa shape index (κ2) is 5.85. The van der Waals surface area contributed by atoms with E-state index in [0.717, 1.165) is 48.0 Å². The molecule has 4 heterocycles. The van der Waals surface area contributed by atoms with Gasteiger partial charge in [0, 0.05) is 48.7 Å². The number of carboxylic acid groups (broad SMARTS) is 1. The van der Waals surface area contributed by atoms with E-state index < -0.39 is 12.0 Å². The normalized spacial score (nSPS) is 18.6. The quantitative estimate of drug-likeness (QED) is 0.632. The Balaban J connectivity index is 1.60. The number of likely N-dealkylation sites (tertiary alicyclic amines) is 1. The number of nitrogens with zero attached hydrogens (tertiary/aromatic N) is 3. The predicted octanol–water partition coefficient (Wildman–Crippen LogP) is 2.40. The van der Waals surface area contributed by atoms with E-state index in [2.05, 4.69) is 14.9 Å². The highest BCUT2D eigenvalue weighted by molar-refractivity contribution is 6.18. The Morgan fingerprint density at radius 1 is 1.21 bits per heavy atom. The molecule has 0 atom stereocenters. The lowest BCUT2D eigenvalue weighted by atomic mass is 9.73. The molecule has 28 heavy (non-hydrogen) atoms. The van der Waals surface area contributed by atoms with Crippen LogP contribution in [0, 0.1) is 5.41 Å². The molecule has 1 spiro atoms. The number of fused-ring (bicyclic) bond motifs is 3. The summed E-state index contributed by atoms with van der Waals surface area (Å²) in [6, 6.07) is 7.89. The van der Waals surface area contributed by atoms with Crippen molar-refractivity contribution in [1.29, 1.82) is 0 Å². The van der Waals surface area contributed by atoms with E-state index in [4.69, 9.17) is 5.73 Å². The van der Waals surface area contributed by atoms with Gasteiger partial charge in [-0.1, -0.05) is 18.2 Å². The molecule has 3 aromatic rings. The Kier molecular flexibility index (Phi) is 3.52. The van der Waals surface area contributed by atoms with Crippen molar-refractivity contribution >= 4 is 39.6 Å². The van der Waals surface area contributed by atoms with E-state index in [1.54, 1.807) is 6.20 Å². The zero-order valence-electron chi connectivity index (χ0n) is 15.3. The molecule has 0 radical (unpaired) electrons. The van der Waals surface area contributed by atoms with Gasteiger partial charge in [-0.2, -0.15) is 0 Å².